The second kappa shape index (κ2) is 2.39. The molecule has 0 fully saturated rings. The Kier molecular flexibility index (Phi) is 1.58. The monoisotopic (exact) mass is 127 g/mol. The lowest BCUT2D eigenvalue weighted by Gasteiger charge is -2.01. The molecule has 0 radical (unpaired) electrons. The van der Waals surface area contributed by atoms with Crippen LogP contribution in [0.25, 0.3) is 0 Å². The standard InChI is InChI=1S/C5H9N3O/c1-6-5-3-4-7-8(5)9-2/h3-4,6H,1-2H3. The summed E-state index contributed by atoms with van der Waals surface area (Å²) in [5, 5.41) is 6.74. The van der Waals surface area contributed by atoms with Crippen LogP contribution < -0.4 is 10.2 Å². The number of rotatable bonds is 2. The van der Waals surface area contributed by atoms with E-state index in [1.165, 1.54) is 4.85 Å². The van der Waals surface area contributed by atoms with E-state index in [2.05, 4.69) is 10.4 Å². The second-order valence-corrected chi connectivity index (χ2v) is 1.52. The van der Waals surface area contributed by atoms with Gasteiger partial charge < -0.3 is 10.2 Å². The third kappa shape index (κ3) is 0.960. The average Bonchev–Trinajstić information content (AvgIpc) is 2.33. The molecule has 0 aliphatic rings. The molecule has 0 saturated heterocycles. The van der Waals surface area contributed by atoms with Gasteiger partial charge in [-0.05, 0) is 0 Å². The summed E-state index contributed by atoms with van der Waals surface area (Å²) in [6, 6.07) is 1.82. The van der Waals surface area contributed by atoms with Crippen LogP contribution >= 0.6 is 0 Å². The molecule has 0 atom stereocenters. The van der Waals surface area contributed by atoms with Crippen molar-refractivity contribution in [3.8, 4) is 0 Å². The van der Waals surface area contributed by atoms with Crippen molar-refractivity contribution in [1.29, 1.82) is 0 Å². The topological polar surface area (TPSA) is 39.1 Å². The van der Waals surface area contributed by atoms with Crippen LogP contribution in [-0.4, -0.2) is 24.1 Å². The van der Waals surface area contributed by atoms with Crippen molar-refractivity contribution in [3.63, 3.8) is 0 Å². The smallest absolute Gasteiger partial charge is 0.165 e. The van der Waals surface area contributed by atoms with Gasteiger partial charge in [0, 0.05) is 13.1 Å². The number of nitrogens with one attached hydrogen (secondary N) is 1. The fourth-order valence-electron chi connectivity index (χ4n) is 0.615. The molecule has 1 heterocycles. The van der Waals surface area contributed by atoms with Gasteiger partial charge in [0.25, 0.3) is 0 Å². The maximum absolute atomic E-state index is 4.82. The van der Waals surface area contributed by atoms with Crippen LogP contribution in [0.4, 0.5) is 5.82 Å². The Morgan fingerprint density at radius 1 is 1.78 bits per heavy atom. The molecule has 0 aliphatic carbocycles. The molecule has 4 nitrogen and oxygen atoms in total. The fourth-order valence-corrected chi connectivity index (χ4v) is 0.615. The summed E-state index contributed by atoms with van der Waals surface area (Å²) in [5.74, 6) is 0.845. The van der Waals surface area contributed by atoms with Crippen LogP contribution in [0.1, 0.15) is 0 Å². The lowest BCUT2D eigenvalue weighted by molar-refractivity contribution is 0.139. The zero-order valence-electron chi connectivity index (χ0n) is 5.46. The van der Waals surface area contributed by atoms with Crippen molar-refractivity contribution in [2.24, 2.45) is 0 Å². The zero-order valence-corrected chi connectivity index (χ0v) is 5.46. The van der Waals surface area contributed by atoms with Gasteiger partial charge in [-0.3, -0.25) is 0 Å². The normalized spacial score (nSPS) is 9.11. The molecule has 0 aliphatic heterocycles. The predicted molar refractivity (Wildman–Crippen MR) is 34.3 cm³/mol. The van der Waals surface area contributed by atoms with Crippen LogP contribution in [0.3, 0.4) is 0 Å². The number of hydrogen-bond acceptors (Lipinski definition) is 3. The molecule has 0 spiro atoms. The molecule has 0 bridgehead atoms. The summed E-state index contributed by atoms with van der Waals surface area (Å²) in [7, 11) is 3.38. The van der Waals surface area contributed by atoms with Gasteiger partial charge >= 0.3 is 0 Å². The lowest BCUT2D eigenvalue weighted by atomic mass is 10.6. The van der Waals surface area contributed by atoms with Crippen molar-refractivity contribution in [2.75, 3.05) is 19.5 Å². The highest BCUT2D eigenvalue weighted by Gasteiger charge is 1.94. The summed E-state index contributed by atoms with van der Waals surface area (Å²) in [5.41, 5.74) is 0. The fraction of sp³-hybridized carbons (Fsp3) is 0.400. The minimum Gasteiger partial charge on any atom is -0.398 e. The van der Waals surface area contributed by atoms with E-state index in [-0.39, 0.29) is 0 Å². The number of nitrogens with zero attached hydrogens (tertiary/aromatic N) is 2. The van der Waals surface area contributed by atoms with Gasteiger partial charge in [0.05, 0.1) is 6.20 Å². The van der Waals surface area contributed by atoms with Gasteiger partial charge in [-0.2, -0.15) is 0 Å². The molecule has 0 unspecified atom stereocenters. The van der Waals surface area contributed by atoms with Gasteiger partial charge in [-0.25, -0.2) is 0 Å². The van der Waals surface area contributed by atoms with E-state index >= 15 is 0 Å². The van der Waals surface area contributed by atoms with E-state index in [9.17, 15) is 0 Å². The first-order chi connectivity index (χ1) is 4.38. The maximum Gasteiger partial charge on any atom is 0.165 e. The van der Waals surface area contributed by atoms with Crippen LogP contribution in [-0.2, 0) is 0 Å². The first-order valence-electron chi connectivity index (χ1n) is 2.64. The Morgan fingerprint density at radius 2 is 2.56 bits per heavy atom. The third-order valence-corrected chi connectivity index (χ3v) is 1.04. The molecule has 4 heteroatoms. The Labute approximate surface area is 53.4 Å². The van der Waals surface area contributed by atoms with E-state index in [0.29, 0.717) is 0 Å². The Morgan fingerprint density at radius 3 is 3.00 bits per heavy atom. The maximum atomic E-state index is 4.82. The minimum atomic E-state index is 0.845. The van der Waals surface area contributed by atoms with Gasteiger partial charge in [0.1, 0.15) is 7.11 Å². The zero-order chi connectivity index (χ0) is 6.69. The van der Waals surface area contributed by atoms with Crippen molar-refractivity contribution in [2.45, 2.75) is 0 Å². The highest BCUT2D eigenvalue weighted by Crippen LogP contribution is 2.00. The van der Waals surface area contributed by atoms with Gasteiger partial charge in [0.15, 0.2) is 5.82 Å². The summed E-state index contributed by atoms with van der Waals surface area (Å²) in [6.07, 6.45) is 1.66. The third-order valence-electron chi connectivity index (χ3n) is 1.04. The minimum absolute atomic E-state index is 0.845. The van der Waals surface area contributed by atoms with Crippen molar-refractivity contribution >= 4 is 5.82 Å². The molecule has 1 aromatic rings. The van der Waals surface area contributed by atoms with Gasteiger partial charge in [0.2, 0.25) is 0 Å². The SMILES string of the molecule is CNc1ccnn1OC. The summed E-state index contributed by atoms with van der Waals surface area (Å²) < 4.78 is 0. The van der Waals surface area contributed by atoms with Crippen LogP contribution in [0, 0.1) is 0 Å². The average molecular weight is 127 g/mol. The van der Waals surface area contributed by atoms with Crippen molar-refractivity contribution in [3.05, 3.63) is 12.3 Å². The molecule has 9 heavy (non-hydrogen) atoms. The molecule has 0 aromatic carbocycles. The summed E-state index contributed by atoms with van der Waals surface area (Å²) in [4.78, 5) is 6.22. The summed E-state index contributed by atoms with van der Waals surface area (Å²) >= 11 is 0. The molecule has 1 aromatic heterocycles. The largest absolute Gasteiger partial charge is 0.398 e. The number of anilines is 1. The molecule has 0 saturated carbocycles. The number of aromatic nitrogens is 2. The lowest BCUT2D eigenvalue weighted by Crippen LogP contribution is -2.10. The predicted octanol–water partition coefficient (Wildman–Crippen LogP) is -0.0168. The van der Waals surface area contributed by atoms with Crippen LogP contribution in [0.5, 0.6) is 0 Å². The molecular weight excluding hydrogens is 118 g/mol. The van der Waals surface area contributed by atoms with Gasteiger partial charge in [-0.15, -0.1) is 5.10 Å². The molecule has 50 valence electrons. The first-order valence-corrected chi connectivity index (χ1v) is 2.64. The quantitative estimate of drug-likeness (QED) is 0.607. The second-order valence-electron chi connectivity index (χ2n) is 1.52. The number of hydrogen-bond donors (Lipinski definition) is 1. The summed E-state index contributed by atoms with van der Waals surface area (Å²) in [6.45, 7) is 0. The first kappa shape index (κ1) is 5.94. The van der Waals surface area contributed by atoms with E-state index in [1.807, 2.05) is 13.1 Å². The highest BCUT2D eigenvalue weighted by molar-refractivity contribution is 5.31. The van der Waals surface area contributed by atoms with E-state index in [4.69, 9.17) is 4.84 Å². The van der Waals surface area contributed by atoms with E-state index in [1.54, 1.807) is 13.3 Å². The highest BCUT2D eigenvalue weighted by atomic mass is 16.7. The Balaban J connectivity index is 2.85. The Bertz CT molecular complexity index is 166. The van der Waals surface area contributed by atoms with E-state index < -0.39 is 0 Å². The molecule has 1 rings (SSSR count). The molecular formula is C5H9N3O. The van der Waals surface area contributed by atoms with Crippen molar-refractivity contribution in [1.82, 2.24) is 9.94 Å². The van der Waals surface area contributed by atoms with Crippen LogP contribution in [0.2, 0.25) is 0 Å². The van der Waals surface area contributed by atoms with Crippen molar-refractivity contribution < 1.29 is 4.84 Å². The van der Waals surface area contributed by atoms with Gasteiger partial charge in [-0.1, -0.05) is 4.85 Å². The van der Waals surface area contributed by atoms with E-state index in [0.717, 1.165) is 5.82 Å². The molecule has 1 N–H and O–H groups in total. The van der Waals surface area contributed by atoms with Crippen LogP contribution in [0.15, 0.2) is 12.3 Å². The Hall–Kier alpha value is -1.19. The molecule has 0 amide bonds.